The molecule has 134 valence electrons. The van der Waals surface area contributed by atoms with Crippen LogP contribution in [-0.4, -0.2) is 37.6 Å². The van der Waals surface area contributed by atoms with Crippen molar-refractivity contribution in [2.45, 2.75) is 44.9 Å². The highest BCUT2D eigenvalue weighted by Gasteiger charge is 2.36. The number of hydrogen-bond acceptors (Lipinski definition) is 4. The third-order valence-electron chi connectivity index (χ3n) is 5.90. The zero-order valence-electron chi connectivity index (χ0n) is 15.1. The van der Waals surface area contributed by atoms with Gasteiger partial charge in [0.25, 0.3) is 0 Å². The van der Waals surface area contributed by atoms with E-state index in [0.717, 1.165) is 18.6 Å². The lowest BCUT2D eigenvalue weighted by Crippen LogP contribution is -2.31. The second-order valence-corrected chi connectivity index (χ2v) is 7.57. The number of aromatic nitrogens is 3. The average Bonchev–Trinajstić information content (AvgIpc) is 3.25. The van der Waals surface area contributed by atoms with Crippen LogP contribution in [-0.2, 0) is 13.0 Å². The Hall–Kier alpha value is -2.24. The average molecular weight is 348 g/mol. The molecular weight excluding hydrogens is 324 g/mol. The second kappa shape index (κ2) is 6.18. The normalized spacial score (nSPS) is 20.9. The number of pyridine rings is 2. The summed E-state index contributed by atoms with van der Waals surface area (Å²) in [5.74, 6) is 0. The molecule has 2 unspecified atom stereocenters. The molecule has 0 bridgehead atoms. The summed E-state index contributed by atoms with van der Waals surface area (Å²) in [4.78, 5) is 11.7. The number of aliphatic hydroxyl groups is 1. The molecule has 0 aromatic carbocycles. The van der Waals surface area contributed by atoms with Crippen molar-refractivity contribution in [1.82, 2.24) is 19.4 Å². The van der Waals surface area contributed by atoms with Crippen LogP contribution in [0.5, 0.6) is 0 Å². The highest BCUT2D eigenvalue weighted by atomic mass is 16.3. The van der Waals surface area contributed by atoms with E-state index < -0.39 is 6.10 Å². The molecule has 0 radical (unpaired) electrons. The molecule has 3 aromatic rings. The molecule has 1 fully saturated rings. The van der Waals surface area contributed by atoms with Crippen LogP contribution in [0.15, 0.2) is 36.7 Å². The van der Waals surface area contributed by atoms with E-state index in [1.165, 1.54) is 41.6 Å². The first-order valence-electron chi connectivity index (χ1n) is 9.53. The molecule has 2 aliphatic rings. The molecular formula is C21H24N4O. The van der Waals surface area contributed by atoms with Crippen LogP contribution in [0.4, 0.5) is 0 Å². The molecule has 0 spiro atoms. The Bertz CT molecular complexity index is 950. The van der Waals surface area contributed by atoms with Gasteiger partial charge in [0.05, 0.1) is 12.2 Å². The van der Waals surface area contributed by atoms with Crippen LogP contribution in [0.2, 0.25) is 0 Å². The molecule has 1 saturated heterocycles. The summed E-state index contributed by atoms with van der Waals surface area (Å²) in [5, 5.41) is 12.0. The SMILES string of the molecule is Cc1cnc2c(c1)c1c(n2CC(O)c2ccccn2)CCN2CCCC12. The lowest BCUT2D eigenvalue weighted by Gasteiger charge is -2.31. The van der Waals surface area contributed by atoms with Crippen molar-refractivity contribution < 1.29 is 5.11 Å². The fourth-order valence-corrected chi connectivity index (χ4v) is 4.75. The summed E-state index contributed by atoms with van der Waals surface area (Å²) < 4.78 is 2.25. The topological polar surface area (TPSA) is 54.2 Å². The van der Waals surface area contributed by atoms with Gasteiger partial charge < -0.3 is 9.67 Å². The van der Waals surface area contributed by atoms with Crippen molar-refractivity contribution in [3.8, 4) is 0 Å². The van der Waals surface area contributed by atoms with Gasteiger partial charge in [-0.1, -0.05) is 6.07 Å². The Labute approximate surface area is 153 Å². The van der Waals surface area contributed by atoms with Crippen LogP contribution >= 0.6 is 0 Å². The number of fused-ring (bicyclic) bond motifs is 5. The van der Waals surface area contributed by atoms with E-state index in [0.29, 0.717) is 18.3 Å². The highest BCUT2D eigenvalue weighted by Crippen LogP contribution is 2.43. The molecule has 0 aliphatic carbocycles. The standard InChI is InChI=1S/C21H24N4O/c1-14-11-15-20-17-6-4-9-24(17)10-7-18(20)25(21(15)23-12-14)13-19(26)16-5-2-3-8-22-16/h2-3,5,8,11-12,17,19,26H,4,6-7,9-10,13H2,1H3. The van der Waals surface area contributed by atoms with E-state index in [4.69, 9.17) is 4.98 Å². The molecule has 1 N–H and O–H groups in total. The van der Waals surface area contributed by atoms with Gasteiger partial charge in [0.2, 0.25) is 0 Å². The van der Waals surface area contributed by atoms with Crippen molar-refractivity contribution >= 4 is 11.0 Å². The van der Waals surface area contributed by atoms with Crippen LogP contribution in [0.25, 0.3) is 11.0 Å². The van der Waals surface area contributed by atoms with Crippen LogP contribution in [0.3, 0.4) is 0 Å². The first kappa shape index (κ1) is 16.0. The molecule has 26 heavy (non-hydrogen) atoms. The molecule has 5 rings (SSSR count). The van der Waals surface area contributed by atoms with Gasteiger partial charge in [-0.15, -0.1) is 0 Å². The first-order valence-corrected chi connectivity index (χ1v) is 9.53. The zero-order chi connectivity index (χ0) is 17.7. The fourth-order valence-electron chi connectivity index (χ4n) is 4.75. The van der Waals surface area contributed by atoms with E-state index in [9.17, 15) is 5.11 Å². The van der Waals surface area contributed by atoms with Gasteiger partial charge in [0.1, 0.15) is 11.8 Å². The Morgan fingerprint density at radius 1 is 1.27 bits per heavy atom. The summed E-state index contributed by atoms with van der Waals surface area (Å²) in [7, 11) is 0. The van der Waals surface area contributed by atoms with E-state index in [1.807, 2.05) is 24.4 Å². The molecule has 0 saturated carbocycles. The summed E-state index contributed by atoms with van der Waals surface area (Å²) in [6.45, 7) is 4.92. The fraction of sp³-hybridized carbons (Fsp3) is 0.429. The third-order valence-corrected chi connectivity index (χ3v) is 5.90. The Balaban J connectivity index is 1.64. The minimum absolute atomic E-state index is 0.506. The van der Waals surface area contributed by atoms with Gasteiger partial charge in [-0.3, -0.25) is 9.88 Å². The largest absolute Gasteiger partial charge is 0.385 e. The predicted octanol–water partition coefficient (Wildman–Crippen LogP) is 3.17. The quantitative estimate of drug-likeness (QED) is 0.790. The van der Waals surface area contributed by atoms with Crippen LogP contribution < -0.4 is 0 Å². The van der Waals surface area contributed by atoms with Gasteiger partial charge in [0.15, 0.2) is 0 Å². The summed E-state index contributed by atoms with van der Waals surface area (Å²) in [6.07, 6.45) is 6.57. The maximum absolute atomic E-state index is 10.8. The monoisotopic (exact) mass is 348 g/mol. The van der Waals surface area contributed by atoms with Crippen molar-refractivity contribution in [2.24, 2.45) is 0 Å². The Kier molecular flexibility index (Phi) is 3.80. The Morgan fingerprint density at radius 3 is 3.04 bits per heavy atom. The first-order chi connectivity index (χ1) is 12.7. The smallest absolute Gasteiger partial charge is 0.140 e. The highest BCUT2D eigenvalue weighted by molar-refractivity contribution is 5.84. The lowest BCUT2D eigenvalue weighted by molar-refractivity contribution is 0.150. The number of nitrogens with zero attached hydrogens (tertiary/aromatic N) is 4. The van der Waals surface area contributed by atoms with Gasteiger partial charge in [-0.25, -0.2) is 4.98 Å². The minimum Gasteiger partial charge on any atom is -0.385 e. The zero-order valence-corrected chi connectivity index (χ0v) is 15.1. The van der Waals surface area contributed by atoms with E-state index >= 15 is 0 Å². The second-order valence-electron chi connectivity index (χ2n) is 7.57. The summed E-state index contributed by atoms with van der Waals surface area (Å²) in [6, 6.07) is 8.47. The van der Waals surface area contributed by atoms with Crippen molar-refractivity contribution in [3.05, 3.63) is 59.2 Å². The molecule has 2 aliphatic heterocycles. The predicted molar refractivity (Wildman–Crippen MR) is 101 cm³/mol. The van der Waals surface area contributed by atoms with Crippen LogP contribution in [0, 0.1) is 6.92 Å². The van der Waals surface area contributed by atoms with Gasteiger partial charge in [-0.05, 0) is 55.6 Å². The number of aryl methyl sites for hydroxylation is 1. The van der Waals surface area contributed by atoms with Crippen molar-refractivity contribution in [2.75, 3.05) is 13.1 Å². The van der Waals surface area contributed by atoms with E-state index in [2.05, 4.69) is 27.4 Å². The lowest BCUT2D eigenvalue weighted by atomic mass is 9.96. The van der Waals surface area contributed by atoms with E-state index in [-0.39, 0.29) is 0 Å². The molecule has 3 aromatic heterocycles. The summed E-state index contributed by atoms with van der Waals surface area (Å²) >= 11 is 0. The summed E-state index contributed by atoms with van der Waals surface area (Å²) in [5.41, 5.74) is 5.72. The number of hydrogen-bond donors (Lipinski definition) is 1. The van der Waals surface area contributed by atoms with Gasteiger partial charge in [-0.2, -0.15) is 0 Å². The van der Waals surface area contributed by atoms with Crippen molar-refractivity contribution in [3.63, 3.8) is 0 Å². The molecule has 5 heteroatoms. The molecule has 5 nitrogen and oxygen atoms in total. The third kappa shape index (κ3) is 2.46. The minimum atomic E-state index is -0.624. The van der Waals surface area contributed by atoms with Gasteiger partial charge >= 0.3 is 0 Å². The van der Waals surface area contributed by atoms with Crippen molar-refractivity contribution in [1.29, 1.82) is 0 Å². The van der Waals surface area contributed by atoms with Crippen LogP contribution in [0.1, 0.15) is 47.5 Å². The van der Waals surface area contributed by atoms with Gasteiger partial charge in [0, 0.05) is 42.5 Å². The number of rotatable bonds is 3. The molecule has 2 atom stereocenters. The number of aliphatic hydroxyl groups excluding tert-OH is 1. The molecule has 0 amide bonds. The Morgan fingerprint density at radius 2 is 2.19 bits per heavy atom. The molecule has 5 heterocycles. The maximum Gasteiger partial charge on any atom is 0.140 e. The maximum atomic E-state index is 10.8. The van der Waals surface area contributed by atoms with E-state index in [1.54, 1.807) is 6.20 Å².